The maximum absolute atomic E-state index is 5.59. The van der Waals surface area contributed by atoms with E-state index < -0.39 is 0 Å². The van der Waals surface area contributed by atoms with Crippen LogP contribution >= 0.6 is 0 Å². The molecule has 106 valence electrons. The van der Waals surface area contributed by atoms with Gasteiger partial charge in [0, 0.05) is 19.1 Å². The van der Waals surface area contributed by atoms with Crippen LogP contribution in [0.1, 0.15) is 63.1 Å². The third-order valence-corrected chi connectivity index (χ3v) is 4.36. The zero-order valence-electron chi connectivity index (χ0n) is 11.7. The summed E-state index contributed by atoms with van der Waals surface area (Å²) >= 11 is 0. The first kappa shape index (κ1) is 13.1. The van der Waals surface area contributed by atoms with Crippen molar-refractivity contribution >= 4 is 0 Å². The standard InChI is InChI=1S/C14H23N3O2/c1-2-6-14(7-3-8-15-14)13-16-12(17-19-13)11-4-9-18-10-5-11/h11,15H,2-10H2,1H3. The number of rotatable bonds is 4. The molecule has 2 aliphatic heterocycles. The fourth-order valence-electron chi connectivity index (χ4n) is 3.29. The second-order valence-electron chi connectivity index (χ2n) is 5.71. The minimum Gasteiger partial charge on any atom is -0.381 e. The quantitative estimate of drug-likeness (QED) is 0.905. The molecule has 5 nitrogen and oxygen atoms in total. The van der Waals surface area contributed by atoms with Crippen LogP contribution in [0.4, 0.5) is 0 Å². The summed E-state index contributed by atoms with van der Waals surface area (Å²) in [5.74, 6) is 2.09. The second-order valence-corrected chi connectivity index (χ2v) is 5.71. The number of hydrogen-bond donors (Lipinski definition) is 1. The maximum Gasteiger partial charge on any atom is 0.246 e. The summed E-state index contributed by atoms with van der Waals surface area (Å²) in [6.07, 6.45) is 6.51. The molecule has 1 unspecified atom stereocenters. The Morgan fingerprint density at radius 2 is 2.21 bits per heavy atom. The first-order valence-corrected chi connectivity index (χ1v) is 7.51. The van der Waals surface area contributed by atoms with Crippen molar-refractivity contribution in [2.24, 2.45) is 0 Å². The Balaban J connectivity index is 1.79. The third-order valence-electron chi connectivity index (χ3n) is 4.36. The van der Waals surface area contributed by atoms with Gasteiger partial charge in [-0.2, -0.15) is 4.98 Å². The molecule has 0 spiro atoms. The van der Waals surface area contributed by atoms with Gasteiger partial charge in [-0.15, -0.1) is 0 Å². The van der Waals surface area contributed by atoms with Gasteiger partial charge < -0.3 is 14.6 Å². The molecule has 2 saturated heterocycles. The van der Waals surface area contributed by atoms with Gasteiger partial charge in [-0.25, -0.2) is 0 Å². The molecule has 19 heavy (non-hydrogen) atoms. The van der Waals surface area contributed by atoms with E-state index in [9.17, 15) is 0 Å². The topological polar surface area (TPSA) is 60.2 Å². The molecule has 1 N–H and O–H groups in total. The van der Waals surface area contributed by atoms with Gasteiger partial charge in [-0.1, -0.05) is 18.5 Å². The number of aromatic nitrogens is 2. The van der Waals surface area contributed by atoms with Crippen molar-refractivity contribution in [3.8, 4) is 0 Å². The number of nitrogens with one attached hydrogen (secondary N) is 1. The average Bonchev–Trinajstić information content (AvgIpc) is 3.09. The summed E-state index contributed by atoms with van der Waals surface area (Å²) in [7, 11) is 0. The van der Waals surface area contributed by atoms with E-state index in [4.69, 9.17) is 14.2 Å². The summed E-state index contributed by atoms with van der Waals surface area (Å²) < 4.78 is 11.0. The molecule has 0 saturated carbocycles. The van der Waals surface area contributed by atoms with Crippen molar-refractivity contribution in [3.05, 3.63) is 11.7 Å². The van der Waals surface area contributed by atoms with Gasteiger partial charge in [0.2, 0.25) is 5.89 Å². The van der Waals surface area contributed by atoms with E-state index in [-0.39, 0.29) is 5.54 Å². The highest BCUT2D eigenvalue weighted by atomic mass is 16.5. The molecule has 1 atom stereocenters. The zero-order chi connectivity index (χ0) is 13.1. The lowest BCUT2D eigenvalue weighted by molar-refractivity contribution is 0.0830. The van der Waals surface area contributed by atoms with Crippen molar-refractivity contribution < 1.29 is 9.26 Å². The molecule has 0 radical (unpaired) electrons. The van der Waals surface area contributed by atoms with Crippen LogP contribution in [0.2, 0.25) is 0 Å². The van der Waals surface area contributed by atoms with E-state index in [1.54, 1.807) is 0 Å². The Morgan fingerprint density at radius 1 is 1.37 bits per heavy atom. The van der Waals surface area contributed by atoms with Crippen LogP contribution in [-0.2, 0) is 10.3 Å². The van der Waals surface area contributed by atoms with Gasteiger partial charge in [0.1, 0.15) is 0 Å². The van der Waals surface area contributed by atoms with E-state index in [1.807, 2.05) is 0 Å². The Morgan fingerprint density at radius 3 is 2.89 bits per heavy atom. The highest BCUT2D eigenvalue weighted by molar-refractivity contribution is 5.08. The van der Waals surface area contributed by atoms with Gasteiger partial charge in [0.25, 0.3) is 0 Å². The van der Waals surface area contributed by atoms with Gasteiger partial charge in [-0.3, -0.25) is 0 Å². The van der Waals surface area contributed by atoms with Crippen LogP contribution in [0.15, 0.2) is 4.52 Å². The Kier molecular flexibility index (Phi) is 3.84. The predicted molar refractivity (Wildman–Crippen MR) is 70.9 cm³/mol. The van der Waals surface area contributed by atoms with Crippen molar-refractivity contribution in [2.75, 3.05) is 19.8 Å². The fourth-order valence-corrected chi connectivity index (χ4v) is 3.29. The first-order chi connectivity index (χ1) is 9.34. The normalized spacial score (nSPS) is 28.9. The lowest BCUT2D eigenvalue weighted by Gasteiger charge is -2.24. The lowest BCUT2D eigenvalue weighted by Crippen LogP contribution is -2.37. The molecule has 2 fully saturated rings. The van der Waals surface area contributed by atoms with Crippen molar-refractivity contribution in [1.29, 1.82) is 0 Å². The van der Waals surface area contributed by atoms with Crippen LogP contribution in [-0.4, -0.2) is 29.9 Å². The molecule has 0 aliphatic carbocycles. The lowest BCUT2D eigenvalue weighted by atomic mass is 9.91. The summed E-state index contributed by atoms with van der Waals surface area (Å²) in [4.78, 5) is 4.71. The molecule has 3 heterocycles. The van der Waals surface area contributed by atoms with E-state index in [2.05, 4.69) is 17.4 Å². The number of hydrogen-bond acceptors (Lipinski definition) is 5. The van der Waals surface area contributed by atoms with Gasteiger partial charge in [0.15, 0.2) is 5.82 Å². The van der Waals surface area contributed by atoms with Crippen LogP contribution in [0.5, 0.6) is 0 Å². The monoisotopic (exact) mass is 265 g/mol. The molecule has 2 aliphatic rings. The summed E-state index contributed by atoms with van der Waals surface area (Å²) in [5, 5.41) is 7.81. The molecule has 3 rings (SSSR count). The molecule has 0 amide bonds. The Hall–Kier alpha value is -0.940. The Bertz CT molecular complexity index is 407. The van der Waals surface area contributed by atoms with E-state index in [0.29, 0.717) is 5.92 Å². The molecule has 1 aromatic rings. The Labute approximate surface area is 114 Å². The average molecular weight is 265 g/mol. The van der Waals surface area contributed by atoms with Crippen molar-refractivity contribution in [3.63, 3.8) is 0 Å². The summed E-state index contributed by atoms with van der Waals surface area (Å²) in [6.45, 7) is 4.88. The molecule has 5 heteroatoms. The third kappa shape index (κ3) is 2.54. The maximum atomic E-state index is 5.59. The highest BCUT2D eigenvalue weighted by Crippen LogP contribution is 2.35. The zero-order valence-corrected chi connectivity index (χ0v) is 11.7. The molecular weight excluding hydrogens is 242 g/mol. The minimum absolute atomic E-state index is 0.0643. The molecule has 1 aromatic heterocycles. The van der Waals surface area contributed by atoms with E-state index in [1.165, 1.54) is 6.42 Å². The smallest absolute Gasteiger partial charge is 0.246 e. The van der Waals surface area contributed by atoms with Crippen molar-refractivity contribution in [2.45, 2.75) is 56.9 Å². The largest absolute Gasteiger partial charge is 0.381 e. The van der Waals surface area contributed by atoms with Crippen LogP contribution < -0.4 is 5.32 Å². The SMILES string of the molecule is CCCC1(c2nc(C3CCOCC3)no2)CCCN1. The predicted octanol–water partition coefficient (Wildman–Crippen LogP) is 2.34. The van der Waals surface area contributed by atoms with Crippen LogP contribution in [0.25, 0.3) is 0 Å². The first-order valence-electron chi connectivity index (χ1n) is 7.51. The number of ether oxygens (including phenoxy) is 1. The minimum atomic E-state index is -0.0643. The van der Waals surface area contributed by atoms with Gasteiger partial charge in [-0.05, 0) is 38.6 Å². The van der Waals surface area contributed by atoms with E-state index >= 15 is 0 Å². The molecule has 0 bridgehead atoms. The fraction of sp³-hybridized carbons (Fsp3) is 0.857. The van der Waals surface area contributed by atoms with Crippen LogP contribution in [0.3, 0.4) is 0 Å². The summed E-state index contributed by atoms with van der Waals surface area (Å²) in [6, 6.07) is 0. The van der Waals surface area contributed by atoms with Crippen LogP contribution in [0, 0.1) is 0 Å². The molecular formula is C14H23N3O2. The van der Waals surface area contributed by atoms with Crippen molar-refractivity contribution in [1.82, 2.24) is 15.5 Å². The summed E-state index contributed by atoms with van der Waals surface area (Å²) in [5.41, 5.74) is -0.0643. The highest BCUT2D eigenvalue weighted by Gasteiger charge is 2.40. The van der Waals surface area contributed by atoms with Gasteiger partial charge in [0.05, 0.1) is 5.54 Å². The van der Waals surface area contributed by atoms with Gasteiger partial charge >= 0.3 is 0 Å². The number of nitrogens with zero attached hydrogens (tertiary/aromatic N) is 2. The van der Waals surface area contributed by atoms with E-state index in [0.717, 1.165) is 63.6 Å². The second kappa shape index (κ2) is 5.59. The molecule has 0 aromatic carbocycles.